The number of carbonyl (C=O) groups is 1. The fourth-order valence-electron chi connectivity index (χ4n) is 3.11. The number of H-pyrrole nitrogens is 1. The zero-order valence-electron chi connectivity index (χ0n) is 13.7. The summed E-state index contributed by atoms with van der Waals surface area (Å²) < 4.78 is 0. The molecule has 1 aromatic heterocycles. The number of carbonyl (C=O) groups excluding carboxylic acids is 1. The molecule has 124 valence electrons. The van der Waals surface area contributed by atoms with Crippen molar-refractivity contribution in [3.8, 4) is 0 Å². The van der Waals surface area contributed by atoms with E-state index in [9.17, 15) is 9.59 Å². The largest absolute Gasteiger partial charge is 0.336 e. The van der Waals surface area contributed by atoms with Crippen molar-refractivity contribution < 1.29 is 4.79 Å². The number of aryl methyl sites for hydroxylation is 1. The van der Waals surface area contributed by atoms with Gasteiger partial charge in [-0.2, -0.15) is 0 Å². The van der Waals surface area contributed by atoms with E-state index in [4.69, 9.17) is 0 Å². The number of hydrogen-bond donors (Lipinski definition) is 1. The average Bonchev–Trinajstić information content (AvgIpc) is 2.49. The molecular weight excluding hydrogens is 310 g/mol. The summed E-state index contributed by atoms with van der Waals surface area (Å²) in [5.74, 6) is -0.0350. The van der Waals surface area contributed by atoms with E-state index in [1.807, 2.05) is 23.3 Å². The lowest BCUT2D eigenvalue weighted by Gasteiger charge is -2.52. The van der Waals surface area contributed by atoms with Gasteiger partial charge in [0.25, 0.3) is 5.56 Å². The van der Waals surface area contributed by atoms with E-state index in [2.05, 4.69) is 23.1 Å². The molecule has 1 aromatic rings. The van der Waals surface area contributed by atoms with Crippen molar-refractivity contribution in [2.45, 2.75) is 43.3 Å². The third-order valence-corrected chi connectivity index (χ3v) is 5.02. The number of likely N-dealkylation sites (tertiary alicyclic amines) is 1. The van der Waals surface area contributed by atoms with Gasteiger partial charge in [0.15, 0.2) is 5.16 Å². The van der Waals surface area contributed by atoms with E-state index in [1.165, 1.54) is 11.8 Å². The van der Waals surface area contributed by atoms with Crippen LogP contribution < -0.4 is 5.56 Å². The van der Waals surface area contributed by atoms with Crippen LogP contribution in [0.25, 0.3) is 0 Å². The van der Waals surface area contributed by atoms with Crippen LogP contribution >= 0.6 is 11.8 Å². The van der Waals surface area contributed by atoms with Gasteiger partial charge < -0.3 is 9.88 Å². The molecule has 0 aromatic carbocycles. The van der Waals surface area contributed by atoms with Gasteiger partial charge in [0.1, 0.15) is 0 Å². The van der Waals surface area contributed by atoms with E-state index in [0.717, 1.165) is 19.3 Å². The van der Waals surface area contributed by atoms with Gasteiger partial charge in [-0.1, -0.05) is 23.9 Å². The summed E-state index contributed by atoms with van der Waals surface area (Å²) >= 11 is 1.38. The van der Waals surface area contributed by atoms with Crippen LogP contribution in [0.4, 0.5) is 0 Å². The highest BCUT2D eigenvalue weighted by Gasteiger charge is 2.45. The molecule has 0 spiro atoms. The Balaban J connectivity index is 2.21. The van der Waals surface area contributed by atoms with Crippen molar-refractivity contribution in [1.29, 1.82) is 0 Å². The van der Waals surface area contributed by atoms with Crippen LogP contribution in [-0.2, 0) is 11.2 Å². The first-order valence-corrected chi connectivity index (χ1v) is 8.86. The number of thioether (sulfide) groups is 1. The van der Waals surface area contributed by atoms with Gasteiger partial charge in [-0.3, -0.25) is 9.59 Å². The molecule has 0 saturated carbocycles. The molecule has 2 heterocycles. The summed E-state index contributed by atoms with van der Waals surface area (Å²) in [6, 6.07) is 0. The summed E-state index contributed by atoms with van der Waals surface area (Å²) in [6.45, 7) is 10.1. The van der Waals surface area contributed by atoms with Crippen molar-refractivity contribution in [1.82, 2.24) is 14.9 Å². The normalized spacial score (nSPS) is 15.8. The van der Waals surface area contributed by atoms with E-state index >= 15 is 0 Å². The zero-order chi connectivity index (χ0) is 17.0. The maximum atomic E-state index is 12.7. The minimum absolute atomic E-state index is 0.0350. The fraction of sp³-hybridized carbons (Fsp3) is 0.471. The quantitative estimate of drug-likeness (QED) is 0.473. The molecule has 0 atom stereocenters. The summed E-state index contributed by atoms with van der Waals surface area (Å²) in [5, 5.41) is 0.570. The van der Waals surface area contributed by atoms with Crippen LogP contribution in [0.5, 0.6) is 0 Å². The maximum absolute atomic E-state index is 12.7. The smallest absolute Gasteiger partial charge is 0.255 e. The number of amides is 1. The molecule has 0 bridgehead atoms. The van der Waals surface area contributed by atoms with Gasteiger partial charge >= 0.3 is 0 Å². The minimum atomic E-state index is -0.228. The molecule has 1 aliphatic rings. The Labute approximate surface area is 140 Å². The second-order valence-electron chi connectivity index (χ2n) is 5.82. The summed E-state index contributed by atoms with van der Waals surface area (Å²) in [6.07, 6.45) is 8.04. The Hall–Kier alpha value is -1.82. The SMILES string of the molecule is C=CCC1(CC=C)CCN1C(=O)Cc1c(C)nc(SC)[nH]c1=O. The number of rotatable bonds is 7. The monoisotopic (exact) mass is 333 g/mol. The van der Waals surface area contributed by atoms with Crippen LogP contribution in [0.2, 0.25) is 0 Å². The Bertz CT molecular complexity index is 671. The third kappa shape index (κ3) is 3.42. The van der Waals surface area contributed by atoms with E-state index < -0.39 is 0 Å². The topological polar surface area (TPSA) is 66.1 Å². The molecule has 1 amide bonds. The lowest BCUT2D eigenvalue weighted by atomic mass is 9.78. The van der Waals surface area contributed by atoms with Gasteiger partial charge in [0.05, 0.1) is 12.0 Å². The van der Waals surface area contributed by atoms with E-state index in [0.29, 0.717) is 23.0 Å². The predicted molar refractivity (Wildman–Crippen MR) is 93.8 cm³/mol. The Morgan fingerprint density at radius 1 is 1.43 bits per heavy atom. The Kier molecular flexibility index (Phi) is 5.46. The highest BCUT2D eigenvalue weighted by atomic mass is 32.2. The van der Waals surface area contributed by atoms with Crippen LogP contribution in [0.1, 0.15) is 30.5 Å². The van der Waals surface area contributed by atoms with Gasteiger partial charge in [0.2, 0.25) is 5.91 Å². The molecule has 23 heavy (non-hydrogen) atoms. The highest BCUT2D eigenvalue weighted by molar-refractivity contribution is 7.98. The van der Waals surface area contributed by atoms with Crippen LogP contribution in [0, 0.1) is 6.92 Å². The maximum Gasteiger partial charge on any atom is 0.255 e. The molecule has 1 fully saturated rings. The summed E-state index contributed by atoms with van der Waals surface area (Å²) in [4.78, 5) is 33.8. The number of nitrogens with zero attached hydrogens (tertiary/aromatic N) is 2. The van der Waals surface area contributed by atoms with Gasteiger partial charge in [-0.15, -0.1) is 13.2 Å². The highest BCUT2D eigenvalue weighted by Crippen LogP contribution is 2.38. The fourth-order valence-corrected chi connectivity index (χ4v) is 3.53. The van der Waals surface area contributed by atoms with E-state index in [-0.39, 0.29) is 23.4 Å². The van der Waals surface area contributed by atoms with Crippen LogP contribution in [0.15, 0.2) is 35.3 Å². The number of hydrogen-bond acceptors (Lipinski definition) is 4. The molecule has 0 aliphatic carbocycles. The number of aromatic nitrogens is 2. The molecule has 1 N–H and O–H groups in total. The first-order chi connectivity index (χ1) is 11.0. The van der Waals surface area contributed by atoms with Gasteiger partial charge in [-0.05, 0) is 32.4 Å². The standard InChI is InChI=1S/C17H23N3O2S/c1-5-7-17(8-6-2)9-10-20(17)14(21)11-13-12(3)18-16(23-4)19-15(13)22/h5-6H,1-2,7-11H2,3-4H3,(H,18,19,22). The van der Waals surface area contributed by atoms with Crippen molar-refractivity contribution in [3.05, 3.63) is 46.9 Å². The van der Waals surface area contributed by atoms with Crippen molar-refractivity contribution in [3.63, 3.8) is 0 Å². The molecule has 5 nitrogen and oxygen atoms in total. The van der Waals surface area contributed by atoms with Crippen molar-refractivity contribution >= 4 is 17.7 Å². The molecule has 1 saturated heterocycles. The number of aromatic amines is 1. The van der Waals surface area contributed by atoms with Crippen molar-refractivity contribution in [2.75, 3.05) is 12.8 Å². The van der Waals surface area contributed by atoms with Crippen LogP contribution in [0.3, 0.4) is 0 Å². The lowest BCUT2D eigenvalue weighted by Crippen LogP contribution is -2.62. The minimum Gasteiger partial charge on any atom is -0.336 e. The third-order valence-electron chi connectivity index (χ3n) is 4.44. The molecular formula is C17H23N3O2S. The predicted octanol–water partition coefficient (Wildman–Crippen LogP) is 2.47. The first kappa shape index (κ1) is 17.5. The Morgan fingerprint density at radius 3 is 2.52 bits per heavy atom. The molecule has 2 rings (SSSR count). The molecule has 0 unspecified atom stereocenters. The van der Waals surface area contributed by atoms with Crippen LogP contribution in [-0.4, -0.2) is 39.1 Å². The first-order valence-electron chi connectivity index (χ1n) is 7.63. The lowest BCUT2D eigenvalue weighted by molar-refractivity contribution is -0.146. The molecule has 1 aliphatic heterocycles. The average molecular weight is 333 g/mol. The van der Waals surface area contributed by atoms with E-state index in [1.54, 1.807) is 6.92 Å². The summed E-state index contributed by atoms with van der Waals surface area (Å²) in [7, 11) is 0. The second-order valence-corrected chi connectivity index (χ2v) is 6.62. The zero-order valence-corrected chi connectivity index (χ0v) is 14.5. The Morgan fingerprint density at radius 2 is 2.09 bits per heavy atom. The second kappa shape index (κ2) is 7.17. The van der Waals surface area contributed by atoms with Gasteiger partial charge in [0, 0.05) is 17.8 Å². The van der Waals surface area contributed by atoms with Crippen molar-refractivity contribution in [2.24, 2.45) is 0 Å². The summed E-state index contributed by atoms with van der Waals surface area (Å²) in [5.41, 5.74) is 0.623. The molecule has 6 heteroatoms. The van der Waals surface area contributed by atoms with Gasteiger partial charge in [-0.25, -0.2) is 4.98 Å². The molecule has 0 radical (unpaired) electrons. The number of nitrogens with one attached hydrogen (secondary N) is 1.